The third kappa shape index (κ3) is 2.90. The zero-order valence-electron chi connectivity index (χ0n) is 16.4. The standard InChI is InChI=1S/C20H23FN4O5/c1-30-8-2-7-25-17(27)15-13(5-6-14(22)26)24-20(16(15)18(25)28)11-9-10(21)3-4-12(11)23-19(20)29/h3-4,9,13,15-16,24H,2,5-8H2,1H3,(H2,22,26)(H,23,29). The summed E-state index contributed by atoms with van der Waals surface area (Å²) in [7, 11) is 1.52. The van der Waals surface area contributed by atoms with Crippen LogP contribution in [0.3, 0.4) is 0 Å². The van der Waals surface area contributed by atoms with Gasteiger partial charge in [0, 0.05) is 44.0 Å². The van der Waals surface area contributed by atoms with Crippen molar-refractivity contribution in [1.29, 1.82) is 0 Å². The van der Waals surface area contributed by atoms with E-state index >= 15 is 0 Å². The quantitative estimate of drug-likeness (QED) is 0.417. The summed E-state index contributed by atoms with van der Waals surface area (Å²) in [5.74, 6) is -4.39. The molecule has 3 heterocycles. The van der Waals surface area contributed by atoms with Gasteiger partial charge < -0.3 is 15.8 Å². The molecule has 160 valence electrons. The lowest BCUT2D eigenvalue weighted by Crippen LogP contribution is -2.53. The van der Waals surface area contributed by atoms with Gasteiger partial charge >= 0.3 is 0 Å². The molecule has 4 rings (SSSR count). The van der Waals surface area contributed by atoms with Gasteiger partial charge in [-0.05, 0) is 31.0 Å². The second-order valence-corrected chi connectivity index (χ2v) is 7.89. The number of nitrogens with two attached hydrogens (primary N) is 1. The summed E-state index contributed by atoms with van der Waals surface area (Å²) in [6.45, 7) is 0.532. The van der Waals surface area contributed by atoms with Gasteiger partial charge in [-0.1, -0.05) is 0 Å². The third-order valence-electron chi connectivity index (χ3n) is 6.20. The number of carbonyl (C=O) groups is 4. The molecule has 0 radical (unpaired) electrons. The van der Waals surface area contributed by atoms with Crippen LogP contribution in [0.5, 0.6) is 0 Å². The van der Waals surface area contributed by atoms with Crippen LogP contribution in [-0.2, 0) is 29.5 Å². The van der Waals surface area contributed by atoms with Gasteiger partial charge in [-0.25, -0.2) is 4.39 Å². The van der Waals surface area contributed by atoms with Crippen LogP contribution in [0.4, 0.5) is 10.1 Å². The average molecular weight is 418 g/mol. The van der Waals surface area contributed by atoms with Crippen LogP contribution < -0.4 is 16.4 Å². The number of amides is 4. The highest BCUT2D eigenvalue weighted by atomic mass is 19.1. The second kappa shape index (κ2) is 7.44. The van der Waals surface area contributed by atoms with Crippen molar-refractivity contribution in [2.24, 2.45) is 17.6 Å². The zero-order valence-corrected chi connectivity index (χ0v) is 16.4. The molecule has 1 spiro atoms. The number of primary amides is 1. The molecule has 0 aliphatic carbocycles. The van der Waals surface area contributed by atoms with Crippen molar-refractivity contribution >= 4 is 29.3 Å². The fourth-order valence-electron chi connectivity index (χ4n) is 4.97. The van der Waals surface area contributed by atoms with Gasteiger partial charge in [0.25, 0.3) is 0 Å². The molecule has 4 amide bonds. The molecule has 3 aliphatic rings. The lowest BCUT2D eigenvalue weighted by molar-refractivity contribution is -0.143. The monoisotopic (exact) mass is 418 g/mol. The number of ether oxygens (including phenoxy) is 1. The van der Waals surface area contributed by atoms with Crippen molar-refractivity contribution in [2.45, 2.75) is 30.8 Å². The Morgan fingerprint density at radius 3 is 2.77 bits per heavy atom. The van der Waals surface area contributed by atoms with Gasteiger partial charge in [0.1, 0.15) is 11.4 Å². The van der Waals surface area contributed by atoms with Crippen molar-refractivity contribution in [1.82, 2.24) is 10.2 Å². The van der Waals surface area contributed by atoms with E-state index in [2.05, 4.69) is 10.6 Å². The highest BCUT2D eigenvalue weighted by Gasteiger charge is 2.70. The van der Waals surface area contributed by atoms with Crippen LogP contribution in [-0.4, -0.2) is 54.8 Å². The van der Waals surface area contributed by atoms with Crippen molar-refractivity contribution in [3.05, 3.63) is 29.6 Å². The van der Waals surface area contributed by atoms with E-state index < -0.39 is 52.9 Å². The van der Waals surface area contributed by atoms with Gasteiger partial charge in [0.2, 0.25) is 23.6 Å². The lowest BCUT2D eigenvalue weighted by atomic mass is 9.76. The fraction of sp³-hybridized carbons (Fsp3) is 0.500. The first kappa shape index (κ1) is 20.4. The summed E-state index contributed by atoms with van der Waals surface area (Å²) in [6, 6.07) is 3.22. The normalized spacial score (nSPS) is 29.5. The number of benzene rings is 1. The smallest absolute Gasteiger partial charge is 0.250 e. The summed E-state index contributed by atoms with van der Waals surface area (Å²) in [4.78, 5) is 52.1. The number of likely N-dealkylation sites (tertiary alicyclic amines) is 1. The Morgan fingerprint density at radius 2 is 2.07 bits per heavy atom. The van der Waals surface area contributed by atoms with Gasteiger partial charge in [0.15, 0.2) is 0 Å². The Balaban J connectivity index is 1.77. The molecule has 0 saturated carbocycles. The topological polar surface area (TPSA) is 131 Å². The van der Waals surface area contributed by atoms with Crippen molar-refractivity contribution in [3.8, 4) is 0 Å². The van der Waals surface area contributed by atoms with E-state index in [9.17, 15) is 23.6 Å². The van der Waals surface area contributed by atoms with Crippen LogP contribution in [0.2, 0.25) is 0 Å². The molecule has 3 aliphatic heterocycles. The number of imide groups is 1. The largest absolute Gasteiger partial charge is 0.385 e. The molecule has 30 heavy (non-hydrogen) atoms. The number of fused-ring (bicyclic) bond motifs is 4. The highest BCUT2D eigenvalue weighted by Crippen LogP contribution is 2.53. The summed E-state index contributed by atoms with van der Waals surface area (Å²) in [5, 5.41) is 5.82. The van der Waals surface area contributed by atoms with Gasteiger partial charge in [-0.3, -0.25) is 29.4 Å². The number of hydrogen-bond donors (Lipinski definition) is 3. The molecule has 9 nitrogen and oxygen atoms in total. The summed E-state index contributed by atoms with van der Waals surface area (Å²) >= 11 is 0. The van der Waals surface area contributed by atoms with Crippen LogP contribution in [0.1, 0.15) is 24.8 Å². The average Bonchev–Trinajstić information content (AvgIpc) is 3.27. The van der Waals surface area contributed by atoms with E-state index in [1.165, 1.54) is 25.3 Å². The number of carbonyl (C=O) groups excluding carboxylic acids is 4. The maximum Gasteiger partial charge on any atom is 0.250 e. The molecule has 1 aromatic carbocycles. The van der Waals surface area contributed by atoms with Gasteiger partial charge in [-0.2, -0.15) is 0 Å². The van der Waals surface area contributed by atoms with E-state index in [4.69, 9.17) is 10.5 Å². The van der Waals surface area contributed by atoms with Gasteiger partial charge in [-0.15, -0.1) is 0 Å². The summed E-state index contributed by atoms with van der Waals surface area (Å²) < 4.78 is 19.1. The Morgan fingerprint density at radius 1 is 1.30 bits per heavy atom. The third-order valence-corrected chi connectivity index (χ3v) is 6.20. The maximum atomic E-state index is 14.1. The second-order valence-electron chi connectivity index (χ2n) is 7.89. The molecule has 2 saturated heterocycles. The Hall–Kier alpha value is -2.85. The van der Waals surface area contributed by atoms with E-state index in [0.29, 0.717) is 24.3 Å². The number of halogens is 1. The summed E-state index contributed by atoms with van der Waals surface area (Å²) in [5.41, 5.74) is 4.38. The Kier molecular flexibility index (Phi) is 5.07. The number of methoxy groups -OCH3 is 1. The fourth-order valence-corrected chi connectivity index (χ4v) is 4.97. The molecule has 4 unspecified atom stereocenters. The molecule has 4 atom stereocenters. The molecular formula is C20H23FN4O5. The SMILES string of the molecule is COCCCN1C(=O)C2C(CCC(N)=O)NC3(C(=O)Nc4ccc(F)cc43)C2C1=O. The molecule has 0 bridgehead atoms. The van der Waals surface area contributed by atoms with Crippen molar-refractivity contribution in [3.63, 3.8) is 0 Å². The number of hydrogen-bond acceptors (Lipinski definition) is 6. The zero-order chi connectivity index (χ0) is 21.6. The Labute approximate surface area is 172 Å². The Bertz CT molecular complexity index is 938. The predicted molar refractivity (Wildman–Crippen MR) is 102 cm³/mol. The molecule has 4 N–H and O–H groups in total. The molecular weight excluding hydrogens is 395 g/mol. The number of rotatable bonds is 7. The molecule has 2 fully saturated rings. The predicted octanol–water partition coefficient (Wildman–Crippen LogP) is -0.152. The lowest BCUT2D eigenvalue weighted by Gasteiger charge is -2.29. The summed E-state index contributed by atoms with van der Waals surface area (Å²) in [6.07, 6.45) is 0.623. The van der Waals surface area contributed by atoms with Crippen molar-refractivity contribution < 1.29 is 28.3 Å². The van der Waals surface area contributed by atoms with Gasteiger partial charge in [0.05, 0.1) is 11.8 Å². The first-order valence-electron chi connectivity index (χ1n) is 9.83. The van der Waals surface area contributed by atoms with E-state index in [1.54, 1.807) is 0 Å². The minimum atomic E-state index is -1.58. The minimum Gasteiger partial charge on any atom is -0.385 e. The van der Waals surface area contributed by atoms with E-state index in [1.807, 2.05) is 0 Å². The van der Waals surface area contributed by atoms with Crippen LogP contribution in [0, 0.1) is 17.7 Å². The highest BCUT2D eigenvalue weighted by molar-refractivity contribution is 6.15. The molecule has 1 aromatic rings. The number of nitrogens with zero attached hydrogens (tertiary/aromatic N) is 1. The van der Waals surface area contributed by atoms with Crippen LogP contribution >= 0.6 is 0 Å². The van der Waals surface area contributed by atoms with Crippen molar-refractivity contribution in [2.75, 3.05) is 25.6 Å². The molecule has 10 heteroatoms. The van der Waals surface area contributed by atoms with Crippen LogP contribution in [0.25, 0.3) is 0 Å². The maximum absolute atomic E-state index is 14.1. The first-order valence-corrected chi connectivity index (χ1v) is 9.83. The van der Waals surface area contributed by atoms with E-state index in [-0.39, 0.29) is 19.4 Å². The minimum absolute atomic E-state index is 0.0141. The van der Waals surface area contributed by atoms with E-state index in [0.717, 1.165) is 4.90 Å². The number of nitrogens with one attached hydrogen (secondary N) is 2. The number of anilines is 1. The molecule has 0 aromatic heterocycles. The van der Waals surface area contributed by atoms with Crippen LogP contribution in [0.15, 0.2) is 18.2 Å². The first-order chi connectivity index (χ1) is 14.3.